The minimum absolute atomic E-state index is 0.274. The van der Waals surface area contributed by atoms with Crippen LogP contribution in [0.25, 0.3) is 0 Å². The third-order valence-corrected chi connectivity index (χ3v) is 3.94. The van der Waals surface area contributed by atoms with Gasteiger partial charge in [0.1, 0.15) is 0 Å². The Morgan fingerprint density at radius 1 is 1.25 bits per heavy atom. The van der Waals surface area contributed by atoms with Crippen molar-refractivity contribution < 1.29 is 4.79 Å². The van der Waals surface area contributed by atoms with Crippen LogP contribution < -0.4 is 0 Å². The highest BCUT2D eigenvalue weighted by Gasteiger charge is 2.28. The summed E-state index contributed by atoms with van der Waals surface area (Å²) in [5.41, 5.74) is 3.32. The molecule has 0 aromatic heterocycles. The Morgan fingerprint density at radius 2 is 2.00 bits per heavy atom. The van der Waals surface area contributed by atoms with Crippen molar-refractivity contribution in [1.29, 1.82) is 0 Å². The van der Waals surface area contributed by atoms with Gasteiger partial charge < -0.3 is 0 Å². The van der Waals surface area contributed by atoms with Crippen molar-refractivity contribution in [1.82, 2.24) is 0 Å². The highest BCUT2D eigenvalue weighted by molar-refractivity contribution is 5.99. The zero-order chi connectivity index (χ0) is 11.7. The first-order valence-electron chi connectivity index (χ1n) is 6.20. The Balaban J connectivity index is 2.24. The third kappa shape index (κ3) is 2.04. The molecule has 0 spiro atoms. The van der Waals surface area contributed by atoms with E-state index < -0.39 is 0 Å². The molecule has 0 bridgehead atoms. The van der Waals surface area contributed by atoms with E-state index >= 15 is 0 Å². The number of aryl methyl sites for hydroxylation is 1. The standard InChI is InChI=1S/C15H20O/c1-10-7-8-13(9-10)15(16)14-6-4-5-11(2)12(14)3/h4-6,10,13H,7-9H2,1-3H3. The van der Waals surface area contributed by atoms with Crippen molar-refractivity contribution >= 4 is 5.78 Å². The molecule has 1 aliphatic carbocycles. The molecule has 0 N–H and O–H groups in total. The molecular formula is C15H20O. The molecule has 0 heterocycles. The van der Waals surface area contributed by atoms with E-state index in [-0.39, 0.29) is 5.92 Å². The molecule has 2 atom stereocenters. The number of benzene rings is 1. The minimum atomic E-state index is 0.274. The molecular weight excluding hydrogens is 196 g/mol. The molecule has 2 unspecified atom stereocenters. The highest BCUT2D eigenvalue weighted by Crippen LogP contribution is 2.33. The van der Waals surface area contributed by atoms with Crippen LogP contribution in [-0.2, 0) is 0 Å². The summed E-state index contributed by atoms with van der Waals surface area (Å²) >= 11 is 0. The van der Waals surface area contributed by atoms with E-state index in [2.05, 4.69) is 26.8 Å². The number of Topliss-reactive ketones (excluding diaryl/α,β-unsaturated/α-hetero) is 1. The Morgan fingerprint density at radius 3 is 2.62 bits per heavy atom. The van der Waals surface area contributed by atoms with Gasteiger partial charge >= 0.3 is 0 Å². The smallest absolute Gasteiger partial charge is 0.166 e. The SMILES string of the molecule is Cc1cccc(C(=O)C2CCC(C)C2)c1C. The average Bonchev–Trinajstić information content (AvgIpc) is 2.68. The second-order valence-corrected chi connectivity index (χ2v) is 5.23. The van der Waals surface area contributed by atoms with Gasteiger partial charge in [0.25, 0.3) is 0 Å². The lowest BCUT2D eigenvalue weighted by Crippen LogP contribution is -2.13. The van der Waals surface area contributed by atoms with Crippen molar-refractivity contribution in [3.63, 3.8) is 0 Å². The summed E-state index contributed by atoms with van der Waals surface area (Å²) in [6.45, 7) is 6.38. The van der Waals surface area contributed by atoms with Crippen LogP contribution in [0.5, 0.6) is 0 Å². The average molecular weight is 216 g/mol. The topological polar surface area (TPSA) is 17.1 Å². The fourth-order valence-corrected chi connectivity index (χ4v) is 2.68. The van der Waals surface area contributed by atoms with Gasteiger partial charge in [0.2, 0.25) is 0 Å². The van der Waals surface area contributed by atoms with Crippen molar-refractivity contribution in [3.05, 3.63) is 34.9 Å². The van der Waals surface area contributed by atoms with Gasteiger partial charge in [-0.25, -0.2) is 0 Å². The summed E-state index contributed by atoms with van der Waals surface area (Å²) in [7, 11) is 0. The molecule has 1 aromatic rings. The van der Waals surface area contributed by atoms with Crippen LogP contribution in [0.1, 0.15) is 47.7 Å². The molecule has 1 aliphatic rings. The van der Waals surface area contributed by atoms with E-state index in [1.54, 1.807) is 0 Å². The molecule has 1 fully saturated rings. The van der Waals surface area contributed by atoms with E-state index in [0.717, 1.165) is 29.9 Å². The summed E-state index contributed by atoms with van der Waals surface area (Å²) in [5, 5.41) is 0. The molecule has 16 heavy (non-hydrogen) atoms. The van der Waals surface area contributed by atoms with E-state index in [1.807, 2.05) is 12.1 Å². The summed E-state index contributed by atoms with van der Waals surface area (Å²) in [5.74, 6) is 1.36. The van der Waals surface area contributed by atoms with E-state index in [9.17, 15) is 4.79 Å². The summed E-state index contributed by atoms with van der Waals surface area (Å²) in [6.07, 6.45) is 3.36. The lowest BCUT2D eigenvalue weighted by atomic mass is 9.91. The molecule has 2 rings (SSSR count). The molecule has 1 saturated carbocycles. The van der Waals surface area contributed by atoms with E-state index in [1.165, 1.54) is 12.0 Å². The predicted molar refractivity (Wildman–Crippen MR) is 66.8 cm³/mol. The van der Waals surface area contributed by atoms with Gasteiger partial charge in [0.05, 0.1) is 0 Å². The maximum absolute atomic E-state index is 12.4. The van der Waals surface area contributed by atoms with Gasteiger partial charge in [-0.05, 0) is 50.2 Å². The van der Waals surface area contributed by atoms with Gasteiger partial charge in [-0.1, -0.05) is 25.1 Å². The first-order chi connectivity index (χ1) is 7.59. The number of carbonyl (C=O) groups is 1. The Hall–Kier alpha value is -1.11. The summed E-state index contributed by atoms with van der Waals surface area (Å²) in [4.78, 5) is 12.4. The van der Waals surface area contributed by atoms with Crippen molar-refractivity contribution in [2.45, 2.75) is 40.0 Å². The number of carbonyl (C=O) groups excluding carboxylic acids is 1. The molecule has 0 radical (unpaired) electrons. The zero-order valence-corrected chi connectivity index (χ0v) is 10.4. The number of hydrogen-bond acceptors (Lipinski definition) is 1. The predicted octanol–water partition coefficient (Wildman–Crippen LogP) is 3.92. The van der Waals surface area contributed by atoms with Gasteiger partial charge in [-0.3, -0.25) is 4.79 Å². The fraction of sp³-hybridized carbons (Fsp3) is 0.533. The largest absolute Gasteiger partial charge is 0.294 e. The highest BCUT2D eigenvalue weighted by atomic mass is 16.1. The lowest BCUT2D eigenvalue weighted by Gasteiger charge is -2.12. The first-order valence-corrected chi connectivity index (χ1v) is 6.20. The van der Waals surface area contributed by atoms with Gasteiger partial charge in [-0.15, -0.1) is 0 Å². The summed E-state index contributed by atoms with van der Waals surface area (Å²) < 4.78 is 0. The van der Waals surface area contributed by atoms with Crippen LogP contribution in [0, 0.1) is 25.7 Å². The lowest BCUT2D eigenvalue weighted by molar-refractivity contribution is 0.0920. The zero-order valence-electron chi connectivity index (χ0n) is 10.4. The normalized spacial score (nSPS) is 24.7. The number of rotatable bonds is 2. The monoisotopic (exact) mass is 216 g/mol. The first kappa shape index (κ1) is 11.4. The quantitative estimate of drug-likeness (QED) is 0.685. The Bertz CT molecular complexity index is 406. The van der Waals surface area contributed by atoms with Crippen LogP contribution in [0.2, 0.25) is 0 Å². The summed E-state index contributed by atoms with van der Waals surface area (Å²) in [6, 6.07) is 6.05. The van der Waals surface area contributed by atoms with Crippen LogP contribution in [0.4, 0.5) is 0 Å². The number of ketones is 1. The molecule has 1 heteroatoms. The maximum atomic E-state index is 12.4. The van der Waals surface area contributed by atoms with Crippen LogP contribution in [0.3, 0.4) is 0 Å². The van der Waals surface area contributed by atoms with Crippen molar-refractivity contribution in [3.8, 4) is 0 Å². The van der Waals surface area contributed by atoms with Gasteiger partial charge in [-0.2, -0.15) is 0 Å². The molecule has 0 saturated heterocycles. The molecule has 1 nitrogen and oxygen atoms in total. The molecule has 0 amide bonds. The van der Waals surface area contributed by atoms with E-state index in [4.69, 9.17) is 0 Å². The second-order valence-electron chi connectivity index (χ2n) is 5.23. The molecule has 0 aliphatic heterocycles. The minimum Gasteiger partial charge on any atom is -0.294 e. The van der Waals surface area contributed by atoms with Crippen LogP contribution in [-0.4, -0.2) is 5.78 Å². The van der Waals surface area contributed by atoms with E-state index in [0.29, 0.717) is 5.78 Å². The molecule has 86 valence electrons. The Labute approximate surface area is 97.9 Å². The third-order valence-electron chi connectivity index (χ3n) is 3.94. The number of hydrogen-bond donors (Lipinski definition) is 0. The maximum Gasteiger partial charge on any atom is 0.166 e. The Kier molecular flexibility index (Phi) is 3.13. The fourth-order valence-electron chi connectivity index (χ4n) is 2.68. The van der Waals surface area contributed by atoms with Crippen LogP contribution in [0.15, 0.2) is 18.2 Å². The second kappa shape index (κ2) is 4.40. The van der Waals surface area contributed by atoms with Crippen molar-refractivity contribution in [2.24, 2.45) is 11.8 Å². The van der Waals surface area contributed by atoms with Crippen molar-refractivity contribution in [2.75, 3.05) is 0 Å². The van der Waals surface area contributed by atoms with Crippen LogP contribution >= 0.6 is 0 Å². The van der Waals surface area contributed by atoms with Gasteiger partial charge in [0.15, 0.2) is 5.78 Å². The molecule has 1 aromatic carbocycles. The van der Waals surface area contributed by atoms with Gasteiger partial charge in [0, 0.05) is 11.5 Å².